The lowest BCUT2D eigenvalue weighted by Crippen LogP contribution is -1.82. The maximum atomic E-state index is 5.33. The fourth-order valence-electron chi connectivity index (χ4n) is 0.460. The van der Waals surface area contributed by atoms with Gasteiger partial charge in [0.15, 0.2) is 0 Å². The van der Waals surface area contributed by atoms with Gasteiger partial charge in [0.1, 0.15) is 10.8 Å². The Labute approximate surface area is 57.0 Å². The van der Waals surface area contributed by atoms with Gasteiger partial charge >= 0.3 is 0 Å². The standard InChI is InChI=1S/C5H7N3S/c6-2-1-5-8-4(7)3-9-5/h1-3H,6-7H2/b2-1-. The van der Waals surface area contributed by atoms with Crippen LogP contribution in [0.15, 0.2) is 11.6 Å². The summed E-state index contributed by atoms with van der Waals surface area (Å²) in [7, 11) is 0. The van der Waals surface area contributed by atoms with E-state index >= 15 is 0 Å². The van der Waals surface area contributed by atoms with E-state index in [4.69, 9.17) is 11.5 Å². The molecular formula is C5H7N3S. The van der Waals surface area contributed by atoms with Crippen molar-refractivity contribution >= 4 is 23.2 Å². The van der Waals surface area contributed by atoms with Crippen molar-refractivity contribution in [3.63, 3.8) is 0 Å². The molecule has 0 bridgehead atoms. The molecule has 0 fully saturated rings. The fourth-order valence-corrected chi connectivity index (χ4v) is 1.07. The van der Waals surface area contributed by atoms with Crippen LogP contribution in [0.2, 0.25) is 0 Å². The number of hydrogen-bond acceptors (Lipinski definition) is 4. The molecule has 1 rings (SSSR count). The molecule has 0 spiro atoms. The van der Waals surface area contributed by atoms with Crippen molar-refractivity contribution < 1.29 is 0 Å². The Morgan fingerprint density at radius 1 is 1.67 bits per heavy atom. The number of rotatable bonds is 1. The highest BCUT2D eigenvalue weighted by Crippen LogP contribution is 2.11. The summed E-state index contributed by atoms with van der Waals surface area (Å²) in [5, 5.41) is 2.62. The Morgan fingerprint density at radius 2 is 2.44 bits per heavy atom. The van der Waals surface area contributed by atoms with E-state index in [1.807, 2.05) is 0 Å². The number of anilines is 1. The first-order valence-electron chi connectivity index (χ1n) is 2.42. The van der Waals surface area contributed by atoms with E-state index < -0.39 is 0 Å². The largest absolute Gasteiger partial charge is 0.405 e. The maximum Gasteiger partial charge on any atom is 0.135 e. The third kappa shape index (κ3) is 1.43. The predicted octanol–water partition coefficient (Wildman–Crippen LogP) is 0.655. The highest BCUT2D eigenvalue weighted by molar-refractivity contribution is 7.10. The minimum atomic E-state index is 0.549. The minimum absolute atomic E-state index is 0.549. The second-order valence-electron chi connectivity index (χ2n) is 1.47. The van der Waals surface area contributed by atoms with Crippen LogP contribution >= 0.6 is 11.3 Å². The number of thiazole rings is 1. The van der Waals surface area contributed by atoms with E-state index in [1.165, 1.54) is 17.5 Å². The molecule has 1 aromatic rings. The maximum absolute atomic E-state index is 5.33. The van der Waals surface area contributed by atoms with Crippen molar-refractivity contribution in [3.05, 3.63) is 16.6 Å². The number of nitrogens with zero attached hydrogens (tertiary/aromatic N) is 1. The Morgan fingerprint density at radius 3 is 2.89 bits per heavy atom. The van der Waals surface area contributed by atoms with Gasteiger partial charge in [-0.25, -0.2) is 4.98 Å². The molecule has 3 nitrogen and oxygen atoms in total. The summed E-state index contributed by atoms with van der Waals surface area (Å²) in [5.41, 5.74) is 10.4. The fraction of sp³-hybridized carbons (Fsp3) is 0. The van der Waals surface area contributed by atoms with Gasteiger partial charge in [0.2, 0.25) is 0 Å². The molecule has 0 aliphatic rings. The molecule has 4 N–H and O–H groups in total. The molecule has 9 heavy (non-hydrogen) atoms. The summed E-state index contributed by atoms with van der Waals surface area (Å²) in [6.07, 6.45) is 3.15. The molecule has 0 unspecified atom stereocenters. The normalized spacial score (nSPS) is 10.7. The van der Waals surface area contributed by atoms with E-state index in [-0.39, 0.29) is 0 Å². The summed E-state index contributed by atoms with van der Waals surface area (Å²) in [6, 6.07) is 0. The lowest BCUT2D eigenvalue weighted by Gasteiger charge is -1.76. The average molecular weight is 141 g/mol. The van der Waals surface area contributed by atoms with Crippen molar-refractivity contribution in [1.29, 1.82) is 0 Å². The molecule has 48 valence electrons. The second kappa shape index (κ2) is 2.50. The smallest absolute Gasteiger partial charge is 0.135 e. The average Bonchev–Trinajstić information content (AvgIpc) is 2.17. The zero-order valence-corrected chi connectivity index (χ0v) is 5.56. The van der Waals surface area contributed by atoms with Crippen LogP contribution in [-0.2, 0) is 0 Å². The molecule has 0 saturated carbocycles. The van der Waals surface area contributed by atoms with Crippen LogP contribution in [0.3, 0.4) is 0 Å². The Bertz CT molecular complexity index is 216. The van der Waals surface area contributed by atoms with Crippen LogP contribution in [0.1, 0.15) is 5.01 Å². The molecule has 4 heteroatoms. The number of nitrogen functional groups attached to an aromatic ring is 1. The van der Waals surface area contributed by atoms with Crippen molar-refractivity contribution in [3.8, 4) is 0 Å². The third-order valence-corrected chi connectivity index (χ3v) is 1.61. The molecule has 1 heterocycles. The van der Waals surface area contributed by atoms with Crippen LogP contribution in [0.5, 0.6) is 0 Å². The lowest BCUT2D eigenvalue weighted by atomic mass is 10.6. The van der Waals surface area contributed by atoms with Crippen LogP contribution < -0.4 is 11.5 Å². The van der Waals surface area contributed by atoms with Crippen molar-refractivity contribution in [2.45, 2.75) is 0 Å². The van der Waals surface area contributed by atoms with Crippen LogP contribution in [-0.4, -0.2) is 4.98 Å². The van der Waals surface area contributed by atoms with Gasteiger partial charge < -0.3 is 11.5 Å². The summed E-state index contributed by atoms with van der Waals surface area (Å²) in [6.45, 7) is 0. The summed E-state index contributed by atoms with van der Waals surface area (Å²) >= 11 is 1.47. The first-order chi connectivity index (χ1) is 4.33. The van der Waals surface area contributed by atoms with Crippen LogP contribution in [0.25, 0.3) is 6.08 Å². The van der Waals surface area contributed by atoms with E-state index in [1.54, 1.807) is 11.5 Å². The topological polar surface area (TPSA) is 64.9 Å². The van der Waals surface area contributed by atoms with E-state index in [0.717, 1.165) is 5.01 Å². The monoisotopic (exact) mass is 141 g/mol. The van der Waals surface area contributed by atoms with Gasteiger partial charge in [0, 0.05) is 5.38 Å². The second-order valence-corrected chi connectivity index (χ2v) is 2.36. The van der Waals surface area contributed by atoms with Gasteiger partial charge in [0.05, 0.1) is 0 Å². The van der Waals surface area contributed by atoms with Crippen molar-refractivity contribution in [2.24, 2.45) is 5.73 Å². The Balaban J connectivity index is 2.85. The molecule has 0 atom stereocenters. The molecule has 0 saturated heterocycles. The Kier molecular flexibility index (Phi) is 1.69. The number of nitrogens with two attached hydrogens (primary N) is 2. The van der Waals surface area contributed by atoms with Crippen molar-refractivity contribution in [1.82, 2.24) is 4.98 Å². The van der Waals surface area contributed by atoms with Crippen LogP contribution in [0, 0.1) is 0 Å². The first kappa shape index (κ1) is 6.10. The zero-order chi connectivity index (χ0) is 6.69. The Hall–Kier alpha value is -1.03. The molecular weight excluding hydrogens is 134 g/mol. The summed E-state index contributed by atoms with van der Waals surface area (Å²) in [4.78, 5) is 3.93. The highest BCUT2D eigenvalue weighted by Gasteiger charge is 1.90. The molecule has 1 aromatic heterocycles. The van der Waals surface area contributed by atoms with Crippen LogP contribution in [0.4, 0.5) is 5.82 Å². The molecule has 0 aromatic carbocycles. The van der Waals surface area contributed by atoms with E-state index in [2.05, 4.69) is 4.98 Å². The summed E-state index contributed by atoms with van der Waals surface area (Å²) < 4.78 is 0. The van der Waals surface area contributed by atoms with Gasteiger partial charge in [-0.3, -0.25) is 0 Å². The lowest BCUT2D eigenvalue weighted by molar-refractivity contribution is 1.39. The van der Waals surface area contributed by atoms with Gasteiger partial charge in [-0.05, 0) is 12.3 Å². The van der Waals surface area contributed by atoms with E-state index in [0.29, 0.717) is 5.82 Å². The quantitative estimate of drug-likeness (QED) is 0.603. The highest BCUT2D eigenvalue weighted by atomic mass is 32.1. The number of hydrogen-bond donors (Lipinski definition) is 2. The molecule has 0 radical (unpaired) electrons. The van der Waals surface area contributed by atoms with E-state index in [9.17, 15) is 0 Å². The predicted molar refractivity (Wildman–Crippen MR) is 39.7 cm³/mol. The SMILES string of the molecule is N/C=C\c1nc(N)cs1. The van der Waals surface area contributed by atoms with Gasteiger partial charge in [-0.2, -0.15) is 0 Å². The van der Waals surface area contributed by atoms with Gasteiger partial charge in [-0.1, -0.05) is 0 Å². The molecule has 0 aliphatic heterocycles. The summed E-state index contributed by atoms with van der Waals surface area (Å²) in [5.74, 6) is 0.549. The van der Waals surface area contributed by atoms with Gasteiger partial charge in [0.25, 0.3) is 0 Å². The molecule has 0 amide bonds. The zero-order valence-electron chi connectivity index (χ0n) is 4.74. The first-order valence-corrected chi connectivity index (χ1v) is 3.30. The van der Waals surface area contributed by atoms with Crippen molar-refractivity contribution in [2.75, 3.05) is 5.73 Å². The molecule has 0 aliphatic carbocycles. The minimum Gasteiger partial charge on any atom is -0.405 e. The number of aromatic nitrogens is 1. The third-order valence-electron chi connectivity index (χ3n) is 0.779. The van der Waals surface area contributed by atoms with Gasteiger partial charge in [-0.15, -0.1) is 11.3 Å².